The number of rotatable bonds is 8. The maximum atomic E-state index is 13.1. The Balaban J connectivity index is 1.58. The Bertz CT molecular complexity index is 879. The van der Waals surface area contributed by atoms with E-state index < -0.39 is 11.9 Å². The number of nitrogens with zero attached hydrogens (tertiary/aromatic N) is 1. The number of carboxylic acid groups (broad SMARTS) is 1. The Morgan fingerprint density at radius 3 is 2.13 bits per heavy atom. The number of benzene rings is 2. The Morgan fingerprint density at radius 1 is 0.968 bits per heavy atom. The molecule has 0 radical (unpaired) electrons. The molecule has 0 saturated heterocycles. The van der Waals surface area contributed by atoms with Crippen LogP contribution in [0.5, 0.6) is 0 Å². The Labute approximate surface area is 187 Å². The molecule has 0 spiro atoms. The third kappa shape index (κ3) is 6.44. The van der Waals surface area contributed by atoms with Gasteiger partial charge in [0.1, 0.15) is 6.54 Å². The summed E-state index contributed by atoms with van der Waals surface area (Å²) in [5.41, 5.74) is 1.91. The Kier molecular flexibility index (Phi) is 8.29. The average molecular weight is 440 g/mol. The van der Waals surface area contributed by atoms with E-state index in [-0.39, 0.29) is 23.6 Å². The SMILES string of the molecule is C[C@H](CSC(=O)c1ccccc1)C(=O)N(CC(=O)O)C1CCC(c2ccccc2)CC1. The summed E-state index contributed by atoms with van der Waals surface area (Å²) in [5, 5.41) is 9.31. The lowest BCUT2D eigenvalue weighted by molar-refractivity contribution is -0.148. The van der Waals surface area contributed by atoms with Gasteiger partial charge in [-0.2, -0.15) is 0 Å². The molecule has 3 rings (SSSR count). The van der Waals surface area contributed by atoms with Gasteiger partial charge in [-0.05, 0) is 37.2 Å². The fourth-order valence-corrected chi connectivity index (χ4v) is 5.04. The van der Waals surface area contributed by atoms with Crippen molar-refractivity contribution in [2.24, 2.45) is 5.92 Å². The van der Waals surface area contributed by atoms with Gasteiger partial charge in [0.2, 0.25) is 11.0 Å². The molecular formula is C25H29NO4S. The fraction of sp³-hybridized carbons (Fsp3) is 0.400. The van der Waals surface area contributed by atoms with E-state index in [2.05, 4.69) is 12.1 Å². The van der Waals surface area contributed by atoms with Crippen LogP contribution in [0.2, 0.25) is 0 Å². The highest BCUT2D eigenvalue weighted by Crippen LogP contribution is 2.35. The summed E-state index contributed by atoms with van der Waals surface area (Å²) in [6.07, 6.45) is 3.46. The van der Waals surface area contributed by atoms with Gasteiger partial charge in [-0.25, -0.2) is 0 Å². The smallest absolute Gasteiger partial charge is 0.323 e. The van der Waals surface area contributed by atoms with Crippen molar-refractivity contribution < 1.29 is 19.5 Å². The van der Waals surface area contributed by atoms with Gasteiger partial charge >= 0.3 is 5.97 Å². The lowest BCUT2D eigenvalue weighted by atomic mass is 9.81. The van der Waals surface area contributed by atoms with Crippen molar-refractivity contribution in [3.05, 3.63) is 71.8 Å². The molecule has 5 nitrogen and oxygen atoms in total. The molecule has 0 aliphatic heterocycles. The zero-order valence-corrected chi connectivity index (χ0v) is 18.6. The van der Waals surface area contributed by atoms with E-state index >= 15 is 0 Å². The van der Waals surface area contributed by atoms with Crippen molar-refractivity contribution in [3.63, 3.8) is 0 Å². The highest BCUT2D eigenvalue weighted by atomic mass is 32.2. The number of carbonyl (C=O) groups excluding carboxylic acids is 2. The van der Waals surface area contributed by atoms with Gasteiger partial charge in [-0.15, -0.1) is 0 Å². The molecule has 1 atom stereocenters. The maximum Gasteiger partial charge on any atom is 0.323 e. The first-order valence-electron chi connectivity index (χ1n) is 10.7. The molecule has 1 fully saturated rings. The second kappa shape index (κ2) is 11.1. The van der Waals surface area contributed by atoms with Gasteiger partial charge in [-0.3, -0.25) is 14.4 Å². The predicted molar refractivity (Wildman–Crippen MR) is 123 cm³/mol. The molecular weight excluding hydrogens is 410 g/mol. The van der Waals surface area contributed by atoms with E-state index in [1.807, 2.05) is 36.4 Å². The second-order valence-corrected chi connectivity index (χ2v) is 9.13. The van der Waals surface area contributed by atoms with E-state index in [9.17, 15) is 19.5 Å². The highest BCUT2D eigenvalue weighted by molar-refractivity contribution is 8.14. The maximum absolute atomic E-state index is 13.1. The monoisotopic (exact) mass is 439 g/mol. The van der Waals surface area contributed by atoms with Crippen molar-refractivity contribution in [1.82, 2.24) is 4.90 Å². The molecule has 1 amide bonds. The van der Waals surface area contributed by atoms with Crippen molar-refractivity contribution in [1.29, 1.82) is 0 Å². The largest absolute Gasteiger partial charge is 0.480 e. The first kappa shape index (κ1) is 23.1. The van der Waals surface area contributed by atoms with Crippen molar-refractivity contribution in [2.75, 3.05) is 12.3 Å². The number of thioether (sulfide) groups is 1. The van der Waals surface area contributed by atoms with Crippen LogP contribution in [-0.2, 0) is 9.59 Å². The average Bonchev–Trinajstić information content (AvgIpc) is 2.81. The molecule has 0 aromatic heterocycles. The summed E-state index contributed by atoms with van der Waals surface area (Å²) in [6, 6.07) is 19.3. The van der Waals surface area contributed by atoms with Crippen molar-refractivity contribution in [2.45, 2.75) is 44.6 Å². The number of aliphatic carboxylic acids is 1. The molecule has 1 N–H and O–H groups in total. The van der Waals surface area contributed by atoms with E-state index in [1.165, 1.54) is 10.5 Å². The van der Waals surface area contributed by atoms with Gasteiger partial charge in [-0.1, -0.05) is 79.3 Å². The highest BCUT2D eigenvalue weighted by Gasteiger charge is 2.32. The summed E-state index contributed by atoms with van der Waals surface area (Å²) >= 11 is 1.11. The molecule has 6 heteroatoms. The third-order valence-electron chi connectivity index (χ3n) is 5.89. The summed E-state index contributed by atoms with van der Waals surface area (Å²) in [6.45, 7) is 1.49. The lowest BCUT2D eigenvalue weighted by Gasteiger charge is -2.37. The quantitative estimate of drug-likeness (QED) is 0.637. The van der Waals surface area contributed by atoms with Crippen LogP contribution in [0.3, 0.4) is 0 Å². The van der Waals surface area contributed by atoms with Crippen LogP contribution in [0.25, 0.3) is 0 Å². The predicted octanol–water partition coefficient (Wildman–Crippen LogP) is 4.84. The number of hydrogen-bond donors (Lipinski definition) is 1. The molecule has 0 heterocycles. The minimum atomic E-state index is -1.00. The van der Waals surface area contributed by atoms with Crippen molar-refractivity contribution >= 4 is 28.8 Å². The van der Waals surface area contributed by atoms with Gasteiger partial charge in [0.25, 0.3) is 0 Å². The van der Waals surface area contributed by atoms with Crippen molar-refractivity contribution in [3.8, 4) is 0 Å². The lowest BCUT2D eigenvalue weighted by Crippen LogP contribution is -2.47. The van der Waals surface area contributed by atoms with E-state index in [0.717, 1.165) is 37.4 Å². The first-order valence-corrected chi connectivity index (χ1v) is 11.7. The topological polar surface area (TPSA) is 74.7 Å². The summed E-state index contributed by atoms with van der Waals surface area (Å²) in [4.78, 5) is 38.4. The molecule has 0 bridgehead atoms. The van der Waals surface area contributed by atoms with Gasteiger partial charge in [0.05, 0.1) is 0 Å². The van der Waals surface area contributed by atoms with Crippen LogP contribution in [0.1, 0.15) is 54.4 Å². The summed E-state index contributed by atoms with van der Waals surface area (Å²) < 4.78 is 0. The normalized spacial score (nSPS) is 19.4. The molecule has 1 aliphatic carbocycles. The zero-order valence-electron chi connectivity index (χ0n) is 17.8. The molecule has 1 saturated carbocycles. The minimum absolute atomic E-state index is 0.0687. The van der Waals surface area contributed by atoms with E-state index in [4.69, 9.17) is 0 Å². The molecule has 2 aromatic carbocycles. The Hall–Kier alpha value is -2.60. The standard InChI is InChI=1S/C25H29NO4S/c1-18(17-31-25(30)21-10-6-3-7-11-21)24(29)26(16-23(27)28)22-14-12-20(13-15-22)19-8-4-2-5-9-19/h2-11,18,20,22H,12-17H2,1H3,(H,27,28)/t18-,20?,22?/m1/s1. The summed E-state index contributed by atoms with van der Waals surface area (Å²) in [7, 11) is 0. The van der Waals surface area contributed by atoms with Crippen LogP contribution >= 0.6 is 11.8 Å². The molecule has 1 aliphatic rings. The molecule has 31 heavy (non-hydrogen) atoms. The van der Waals surface area contributed by atoms with Crippen LogP contribution < -0.4 is 0 Å². The van der Waals surface area contributed by atoms with Crippen LogP contribution in [0.15, 0.2) is 60.7 Å². The zero-order chi connectivity index (χ0) is 22.2. The van der Waals surface area contributed by atoms with Gasteiger partial charge < -0.3 is 10.0 Å². The second-order valence-electron chi connectivity index (χ2n) is 8.14. The fourth-order valence-electron chi connectivity index (χ4n) is 4.19. The molecule has 2 aromatic rings. The Morgan fingerprint density at radius 2 is 1.55 bits per heavy atom. The number of carboxylic acids is 1. The first-order chi connectivity index (χ1) is 15.0. The minimum Gasteiger partial charge on any atom is -0.480 e. The van der Waals surface area contributed by atoms with Crippen LogP contribution in [0.4, 0.5) is 0 Å². The third-order valence-corrected chi connectivity index (χ3v) is 7.06. The summed E-state index contributed by atoms with van der Waals surface area (Å²) in [5.74, 6) is -0.820. The molecule has 0 unspecified atom stereocenters. The number of carbonyl (C=O) groups is 3. The van der Waals surface area contributed by atoms with Crippen LogP contribution in [-0.4, -0.2) is 45.3 Å². The van der Waals surface area contributed by atoms with E-state index in [0.29, 0.717) is 17.2 Å². The number of hydrogen-bond acceptors (Lipinski definition) is 4. The van der Waals surface area contributed by atoms with Gasteiger partial charge in [0.15, 0.2) is 0 Å². The van der Waals surface area contributed by atoms with E-state index in [1.54, 1.807) is 19.1 Å². The van der Waals surface area contributed by atoms with Gasteiger partial charge in [0, 0.05) is 23.3 Å². The van der Waals surface area contributed by atoms with Crippen LogP contribution in [0, 0.1) is 5.92 Å². The molecule has 164 valence electrons. The number of amides is 1.